The molecule has 1 aliphatic heterocycles. The van der Waals surface area contributed by atoms with Crippen molar-refractivity contribution in [1.29, 1.82) is 0 Å². The quantitative estimate of drug-likeness (QED) is 0.780. The van der Waals surface area contributed by atoms with Crippen LogP contribution in [0.15, 0.2) is 48.6 Å². The second kappa shape index (κ2) is 5.52. The normalized spacial score (nSPS) is 24.2. The van der Waals surface area contributed by atoms with Crippen molar-refractivity contribution < 1.29 is 9.90 Å². The van der Waals surface area contributed by atoms with Gasteiger partial charge in [-0.2, -0.15) is 0 Å². The molecule has 0 aromatic heterocycles. The zero-order valence-corrected chi connectivity index (χ0v) is 13.9. The highest BCUT2D eigenvalue weighted by Crippen LogP contribution is 2.51. The van der Waals surface area contributed by atoms with Crippen LogP contribution < -0.4 is 5.32 Å². The molecule has 3 heteroatoms. The molecule has 24 heavy (non-hydrogen) atoms. The molecular formula is C21H21NO2. The van der Waals surface area contributed by atoms with Gasteiger partial charge in [0.25, 0.3) is 0 Å². The van der Waals surface area contributed by atoms with Gasteiger partial charge in [0, 0.05) is 11.6 Å². The lowest BCUT2D eigenvalue weighted by Crippen LogP contribution is -2.31. The zero-order valence-electron chi connectivity index (χ0n) is 13.9. The third-order valence-corrected chi connectivity index (χ3v) is 5.47. The lowest BCUT2D eigenvalue weighted by atomic mass is 9.74. The summed E-state index contributed by atoms with van der Waals surface area (Å²) in [5.74, 6) is -0.145. The Hall–Kier alpha value is -2.55. The predicted octanol–water partition coefficient (Wildman–Crippen LogP) is 4.83. The smallest absolute Gasteiger partial charge is 0.336 e. The molecule has 0 radical (unpaired) electrons. The number of fused-ring (bicyclic) bond motifs is 3. The van der Waals surface area contributed by atoms with Gasteiger partial charge in [0.05, 0.1) is 11.6 Å². The number of anilines is 1. The van der Waals surface area contributed by atoms with E-state index < -0.39 is 5.97 Å². The molecule has 0 fully saturated rings. The van der Waals surface area contributed by atoms with E-state index in [1.165, 1.54) is 22.4 Å². The molecule has 0 unspecified atom stereocenters. The SMILES string of the molecule is Cc1ccc(C)c2c1N[C@H](c1ccccc1C(=O)O)[C@@H]1CC=C[C@H]21. The minimum atomic E-state index is -0.860. The summed E-state index contributed by atoms with van der Waals surface area (Å²) in [4.78, 5) is 11.7. The molecule has 122 valence electrons. The molecule has 4 rings (SSSR count). The molecule has 1 heterocycles. The van der Waals surface area contributed by atoms with E-state index in [9.17, 15) is 9.90 Å². The summed E-state index contributed by atoms with van der Waals surface area (Å²) in [7, 11) is 0. The number of rotatable bonds is 2. The summed E-state index contributed by atoms with van der Waals surface area (Å²) < 4.78 is 0. The van der Waals surface area contributed by atoms with E-state index in [4.69, 9.17) is 0 Å². The molecule has 3 nitrogen and oxygen atoms in total. The van der Waals surface area contributed by atoms with E-state index in [0.29, 0.717) is 17.4 Å². The number of carboxylic acids is 1. The van der Waals surface area contributed by atoms with Crippen LogP contribution in [0, 0.1) is 19.8 Å². The highest BCUT2D eigenvalue weighted by molar-refractivity contribution is 5.90. The lowest BCUT2D eigenvalue weighted by Gasteiger charge is -2.39. The van der Waals surface area contributed by atoms with Crippen molar-refractivity contribution in [1.82, 2.24) is 0 Å². The van der Waals surface area contributed by atoms with Gasteiger partial charge in [-0.15, -0.1) is 0 Å². The number of aromatic carboxylic acids is 1. The monoisotopic (exact) mass is 319 g/mol. The Labute approximate surface area is 142 Å². The van der Waals surface area contributed by atoms with Crippen LogP contribution in [0.5, 0.6) is 0 Å². The van der Waals surface area contributed by atoms with Crippen LogP contribution in [0.1, 0.15) is 51.0 Å². The molecule has 0 saturated heterocycles. The molecule has 1 aliphatic carbocycles. The number of benzene rings is 2. The van der Waals surface area contributed by atoms with Crippen molar-refractivity contribution >= 4 is 11.7 Å². The largest absolute Gasteiger partial charge is 0.478 e. The first-order valence-electron chi connectivity index (χ1n) is 8.43. The van der Waals surface area contributed by atoms with Crippen molar-refractivity contribution in [3.63, 3.8) is 0 Å². The molecule has 0 bridgehead atoms. The summed E-state index contributed by atoms with van der Waals surface area (Å²) in [5.41, 5.74) is 6.34. The number of nitrogens with one attached hydrogen (secondary N) is 1. The molecule has 2 aromatic rings. The van der Waals surface area contributed by atoms with Crippen LogP contribution >= 0.6 is 0 Å². The van der Waals surface area contributed by atoms with Gasteiger partial charge in [-0.25, -0.2) is 4.79 Å². The average molecular weight is 319 g/mol. The maximum atomic E-state index is 11.7. The Balaban J connectivity index is 1.88. The van der Waals surface area contributed by atoms with Crippen LogP contribution in [0.25, 0.3) is 0 Å². The lowest BCUT2D eigenvalue weighted by molar-refractivity contribution is 0.0694. The number of hydrogen-bond acceptors (Lipinski definition) is 2. The van der Waals surface area contributed by atoms with E-state index >= 15 is 0 Å². The van der Waals surface area contributed by atoms with Gasteiger partial charge in [-0.1, -0.05) is 42.5 Å². The van der Waals surface area contributed by atoms with Crippen molar-refractivity contribution in [2.24, 2.45) is 5.92 Å². The minimum absolute atomic E-state index is 0.0188. The number of allylic oxidation sites excluding steroid dienone is 2. The number of hydrogen-bond donors (Lipinski definition) is 2. The molecule has 0 amide bonds. The minimum Gasteiger partial charge on any atom is -0.478 e. The van der Waals surface area contributed by atoms with Crippen molar-refractivity contribution in [2.75, 3.05) is 5.32 Å². The molecular weight excluding hydrogens is 298 g/mol. The van der Waals surface area contributed by atoms with Gasteiger partial charge in [-0.05, 0) is 54.5 Å². The molecule has 0 saturated carbocycles. The number of aryl methyl sites for hydroxylation is 2. The fourth-order valence-corrected chi connectivity index (χ4v) is 4.31. The molecule has 0 spiro atoms. The first-order valence-corrected chi connectivity index (χ1v) is 8.43. The Bertz CT molecular complexity index is 853. The van der Waals surface area contributed by atoms with Crippen LogP contribution in [0.3, 0.4) is 0 Å². The van der Waals surface area contributed by atoms with Gasteiger partial charge in [0.2, 0.25) is 0 Å². The fourth-order valence-electron chi connectivity index (χ4n) is 4.31. The Morgan fingerprint density at radius 3 is 2.67 bits per heavy atom. The fraction of sp³-hybridized carbons (Fsp3) is 0.286. The maximum Gasteiger partial charge on any atom is 0.336 e. The first kappa shape index (κ1) is 15.0. The van der Waals surface area contributed by atoms with Crippen LogP contribution in [0.2, 0.25) is 0 Å². The van der Waals surface area contributed by atoms with E-state index in [0.717, 1.165) is 12.0 Å². The summed E-state index contributed by atoms with van der Waals surface area (Å²) in [6, 6.07) is 11.7. The van der Waals surface area contributed by atoms with Gasteiger partial charge in [0.1, 0.15) is 0 Å². The third-order valence-electron chi connectivity index (χ3n) is 5.47. The second-order valence-electron chi connectivity index (χ2n) is 6.86. The van der Waals surface area contributed by atoms with Gasteiger partial charge in [0.15, 0.2) is 0 Å². The average Bonchev–Trinajstić information content (AvgIpc) is 3.06. The standard InChI is InChI=1S/C21H21NO2/c1-12-10-11-13(2)19-18(12)14-8-5-9-15(14)20(22-19)16-6-3-4-7-17(16)21(23)24/h3-8,10-11,14-15,20,22H,9H2,1-2H3,(H,23,24)/t14-,15+,20-/m0/s1. The topological polar surface area (TPSA) is 49.3 Å². The maximum absolute atomic E-state index is 11.7. The summed E-state index contributed by atoms with van der Waals surface area (Å²) in [5, 5.41) is 13.3. The summed E-state index contributed by atoms with van der Waals surface area (Å²) in [6.45, 7) is 4.28. The van der Waals surface area contributed by atoms with E-state index in [1.54, 1.807) is 12.1 Å². The predicted molar refractivity (Wildman–Crippen MR) is 95.7 cm³/mol. The van der Waals surface area contributed by atoms with E-state index in [1.807, 2.05) is 12.1 Å². The van der Waals surface area contributed by atoms with Crippen molar-refractivity contribution in [3.8, 4) is 0 Å². The van der Waals surface area contributed by atoms with Crippen molar-refractivity contribution in [2.45, 2.75) is 32.2 Å². The number of carbonyl (C=O) groups is 1. The molecule has 3 atom stereocenters. The van der Waals surface area contributed by atoms with Crippen molar-refractivity contribution in [3.05, 3.63) is 76.4 Å². The van der Waals surface area contributed by atoms with Crippen LogP contribution in [0.4, 0.5) is 5.69 Å². The second-order valence-corrected chi connectivity index (χ2v) is 6.86. The Kier molecular flexibility index (Phi) is 3.45. The molecule has 2 N–H and O–H groups in total. The Morgan fingerprint density at radius 1 is 1.12 bits per heavy atom. The third kappa shape index (κ3) is 2.15. The highest BCUT2D eigenvalue weighted by atomic mass is 16.4. The van der Waals surface area contributed by atoms with E-state index in [-0.39, 0.29) is 6.04 Å². The highest BCUT2D eigenvalue weighted by Gasteiger charge is 2.40. The van der Waals surface area contributed by atoms with E-state index in [2.05, 4.69) is 43.4 Å². The number of carboxylic acid groups (broad SMARTS) is 1. The molecule has 2 aromatic carbocycles. The molecule has 2 aliphatic rings. The summed E-state index contributed by atoms with van der Waals surface area (Å²) in [6.07, 6.45) is 5.51. The van der Waals surface area contributed by atoms with Gasteiger partial charge < -0.3 is 10.4 Å². The summed E-state index contributed by atoms with van der Waals surface area (Å²) >= 11 is 0. The van der Waals surface area contributed by atoms with Crippen LogP contribution in [-0.4, -0.2) is 11.1 Å². The van der Waals surface area contributed by atoms with Crippen LogP contribution in [-0.2, 0) is 0 Å². The zero-order chi connectivity index (χ0) is 16.8. The first-order chi connectivity index (χ1) is 11.6. The Morgan fingerprint density at radius 2 is 1.88 bits per heavy atom. The van der Waals surface area contributed by atoms with Gasteiger partial charge >= 0.3 is 5.97 Å². The van der Waals surface area contributed by atoms with Gasteiger partial charge in [-0.3, -0.25) is 0 Å².